The van der Waals surface area contributed by atoms with Crippen molar-refractivity contribution in [3.05, 3.63) is 12.2 Å². The van der Waals surface area contributed by atoms with E-state index in [0.29, 0.717) is 13.0 Å². The lowest BCUT2D eigenvalue weighted by Gasteiger charge is -2.19. The van der Waals surface area contributed by atoms with Crippen molar-refractivity contribution >= 4 is 11.8 Å². The minimum absolute atomic E-state index is 0.0782. The summed E-state index contributed by atoms with van der Waals surface area (Å²) in [7, 11) is 1.88. The van der Waals surface area contributed by atoms with Gasteiger partial charge in [-0.25, -0.2) is 0 Å². The van der Waals surface area contributed by atoms with Gasteiger partial charge in [0.25, 0.3) is 0 Å². The van der Waals surface area contributed by atoms with Crippen LogP contribution in [0, 0.1) is 0 Å². The van der Waals surface area contributed by atoms with Crippen molar-refractivity contribution in [2.75, 3.05) is 6.54 Å². The van der Waals surface area contributed by atoms with Gasteiger partial charge in [0.15, 0.2) is 0 Å². The summed E-state index contributed by atoms with van der Waals surface area (Å²) in [5, 5.41) is 10.9. The van der Waals surface area contributed by atoms with Crippen molar-refractivity contribution < 1.29 is 9.59 Å². The number of nitrogens with zero attached hydrogens (tertiary/aromatic N) is 4. The molecule has 0 spiro atoms. The molecule has 1 saturated heterocycles. The van der Waals surface area contributed by atoms with Gasteiger partial charge < -0.3 is 9.88 Å². The van der Waals surface area contributed by atoms with Gasteiger partial charge in [-0.2, -0.15) is 0 Å². The van der Waals surface area contributed by atoms with E-state index in [2.05, 4.69) is 15.5 Å². The van der Waals surface area contributed by atoms with Gasteiger partial charge in [-0.15, -0.1) is 10.2 Å². The van der Waals surface area contributed by atoms with Crippen LogP contribution in [0.1, 0.15) is 26.1 Å². The van der Waals surface area contributed by atoms with Crippen molar-refractivity contribution in [2.45, 2.75) is 38.8 Å². The molecule has 1 N–H and O–H groups in total. The highest BCUT2D eigenvalue weighted by atomic mass is 16.2. The Kier molecular flexibility index (Phi) is 3.94. The first-order chi connectivity index (χ1) is 9.00. The van der Waals surface area contributed by atoms with Crippen LogP contribution in [0.3, 0.4) is 0 Å². The Morgan fingerprint density at radius 2 is 2.21 bits per heavy atom. The molecule has 0 saturated carbocycles. The van der Waals surface area contributed by atoms with E-state index >= 15 is 0 Å². The summed E-state index contributed by atoms with van der Waals surface area (Å²) in [5.41, 5.74) is 0. The summed E-state index contributed by atoms with van der Waals surface area (Å²) in [6, 6.07) is -0.478. The standard InChI is InChI=1S/C12H19N5O2/c1-8(2)17-11(18)6-9(12(17)19)13-5-4-10-15-14-7-16(10)3/h7-9,13H,4-6H2,1-3H3. The van der Waals surface area contributed by atoms with Crippen molar-refractivity contribution in [1.82, 2.24) is 25.0 Å². The molecule has 1 aliphatic heterocycles. The zero-order valence-corrected chi connectivity index (χ0v) is 11.5. The second-order valence-corrected chi connectivity index (χ2v) is 5.01. The van der Waals surface area contributed by atoms with Crippen LogP contribution in [0.4, 0.5) is 0 Å². The molecule has 7 nitrogen and oxygen atoms in total. The lowest BCUT2D eigenvalue weighted by atomic mass is 10.2. The second kappa shape index (κ2) is 5.48. The number of imide groups is 1. The van der Waals surface area contributed by atoms with Gasteiger partial charge in [-0.3, -0.25) is 14.5 Å². The Morgan fingerprint density at radius 3 is 2.74 bits per heavy atom. The number of hydrogen-bond donors (Lipinski definition) is 1. The van der Waals surface area contributed by atoms with Gasteiger partial charge in [0.05, 0.1) is 12.5 Å². The summed E-state index contributed by atoms with van der Waals surface area (Å²) in [4.78, 5) is 25.1. The van der Waals surface area contributed by atoms with Gasteiger partial charge in [-0.05, 0) is 13.8 Å². The smallest absolute Gasteiger partial charge is 0.247 e. The van der Waals surface area contributed by atoms with E-state index in [4.69, 9.17) is 0 Å². The third-order valence-electron chi connectivity index (χ3n) is 3.24. The summed E-state index contributed by atoms with van der Waals surface area (Å²) in [5.74, 6) is 0.624. The molecule has 0 aromatic carbocycles. The first kappa shape index (κ1) is 13.7. The van der Waals surface area contributed by atoms with Crippen molar-refractivity contribution in [3.63, 3.8) is 0 Å². The van der Waals surface area contributed by atoms with E-state index in [9.17, 15) is 9.59 Å². The van der Waals surface area contributed by atoms with E-state index in [1.54, 1.807) is 6.33 Å². The highest BCUT2D eigenvalue weighted by Gasteiger charge is 2.39. The lowest BCUT2D eigenvalue weighted by Crippen LogP contribution is -2.42. The van der Waals surface area contributed by atoms with Crippen LogP contribution in [0.15, 0.2) is 6.33 Å². The molecule has 1 aliphatic rings. The third-order valence-corrected chi connectivity index (χ3v) is 3.24. The van der Waals surface area contributed by atoms with Gasteiger partial charge in [0, 0.05) is 26.1 Å². The zero-order chi connectivity index (χ0) is 14.0. The van der Waals surface area contributed by atoms with Crippen LogP contribution in [0.5, 0.6) is 0 Å². The largest absolute Gasteiger partial charge is 0.321 e. The monoisotopic (exact) mass is 265 g/mol. The second-order valence-electron chi connectivity index (χ2n) is 5.01. The Labute approximate surface area is 112 Å². The molecule has 0 radical (unpaired) electrons. The van der Waals surface area contributed by atoms with E-state index in [1.807, 2.05) is 25.5 Å². The van der Waals surface area contributed by atoms with Crippen LogP contribution >= 0.6 is 0 Å². The molecule has 2 heterocycles. The fourth-order valence-corrected chi connectivity index (χ4v) is 2.24. The average molecular weight is 265 g/mol. The molecule has 7 heteroatoms. The van der Waals surface area contributed by atoms with Crippen molar-refractivity contribution in [2.24, 2.45) is 7.05 Å². The quantitative estimate of drug-likeness (QED) is 0.725. The van der Waals surface area contributed by atoms with Gasteiger partial charge in [0.1, 0.15) is 12.2 Å². The predicted molar refractivity (Wildman–Crippen MR) is 68.1 cm³/mol. The van der Waals surface area contributed by atoms with Crippen molar-refractivity contribution in [3.8, 4) is 0 Å². The highest BCUT2D eigenvalue weighted by molar-refractivity contribution is 6.05. The molecule has 1 atom stereocenters. The molecule has 1 fully saturated rings. The number of amides is 2. The number of nitrogens with one attached hydrogen (secondary N) is 1. The maximum atomic E-state index is 12.0. The van der Waals surface area contributed by atoms with Gasteiger partial charge >= 0.3 is 0 Å². The molecule has 2 rings (SSSR count). The molecule has 0 bridgehead atoms. The van der Waals surface area contributed by atoms with E-state index in [0.717, 1.165) is 5.82 Å². The predicted octanol–water partition coefficient (Wildman–Crippen LogP) is -0.517. The van der Waals surface area contributed by atoms with Crippen LogP contribution in [-0.2, 0) is 23.1 Å². The summed E-state index contributed by atoms with van der Waals surface area (Å²) in [6.07, 6.45) is 2.56. The van der Waals surface area contributed by atoms with Crippen LogP contribution in [0.2, 0.25) is 0 Å². The van der Waals surface area contributed by atoms with E-state index < -0.39 is 6.04 Å². The van der Waals surface area contributed by atoms with Crippen LogP contribution in [-0.4, -0.2) is 50.1 Å². The molecule has 19 heavy (non-hydrogen) atoms. The van der Waals surface area contributed by atoms with E-state index in [-0.39, 0.29) is 24.3 Å². The molecular formula is C12H19N5O2. The average Bonchev–Trinajstić information content (AvgIpc) is 2.84. The molecule has 1 aromatic rings. The maximum Gasteiger partial charge on any atom is 0.247 e. The Hall–Kier alpha value is -1.76. The highest BCUT2D eigenvalue weighted by Crippen LogP contribution is 2.15. The molecule has 1 unspecified atom stereocenters. The Bertz CT molecular complexity index is 482. The van der Waals surface area contributed by atoms with Crippen LogP contribution < -0.4 is 5.32 Å². The summed E-state index contributed by atoms with van der Waals surface area (Å²) in [6.45, 7) is 4.29. The SMILES string of the molecule is CC(C)N1C(=O)CC(NCCc2nncn2C)C1=O. The Morgan fingerprint density at radius 1 is 1.47 bits per heavy atom. The zero-order valence-electron chi connectivity index (χ0n) is 11.5. The fourth-order valence-electron chi connectivity index (χ4n) is 2.24. The number of carbonyl (C=O) groups is 2. The molecule has 0 aliphatic carbocycles. The third kappa shape index (κ3) is 2.81. The lowest BCUT2D eigenvalue weighted by molar-refractivity contribution is -0.140. The van der Waals surface area contributed by atoms with Crippen molar-refractivity contribution in [1.29, 1.82) is 0 Å². The molecule has 104 valence electrons. The molecule has 2 amide bonds. The minimum atomic E-state index is -0.400. The number of carbonyl (C=O) groups excluding carboxylic acids is 2. The topological polar surface area (TPSA) is 80.1 Å². The molecule has 1 aromatic heterocycles. The maximum absolute atomic E-state index is 12.0. The van der Waals surface area contributed by atoms with Gasteiger partial charge in [-0.1, -0.05) is 0 Å². The number of likely N-dealkylation sites (tertiary alicyclic amines) is 1. The Balaban J connectivity index is 1.86. The fraction of sp³-hybridized carbons (Fsp3) is 0.667. The number of aryl methyl sites for hydroxylation is 1. The van der Waals surface area contributed by atoms with Gasteiger partial charge in [0.2, 0.25) is 11.8 Å². The van der Waals surface area contributed by atoms with Crippen LogP contribution in [0.25, 0.3) is 0 Å². The number of aromatic nitrogens is 3. The number of rotatable bonds is 5. The summed E-state index contributed by atoms with van der Waals surface area (Å²) >= 11 is 0. The van der Waals surface area contributed by atoms with E-state index in [1.165, 1.54) is 4.90 Å². The number of hydrogen-bond acceptors (Lipinski definition) is 5. The minimum Gasteiger partial charge on any atom is -0.321 e. The first-order valence-electron chi connectivity index (χ1n) is 6.43. The molecular weight excluding hydrogens is 246 g/mol. The summed E-state index contributed by atoms with van der Waals surface area (Å²) < 4.78 is 1.84. The first-order valence-corrected chi connectivity index (χ1v) is 6.43. The normalized spacial score (nSPS) is 19.8.